The second-order valence-electron chi connectivity index (χ2n) is 4.52. The van der Waals surface area contributed by atoms with Gasteiger partial charge in [0.1, 0.15) is 11.6 Å². The normalized spacial score (nSPS) is 11.0. The predicted octanol–water partition coefficient (Wildman–Crippen LogP) is 4.49. The second-order valence-corrected chi connectivity index (χ2v) is 5.77. The van der Waals surface area contributed by atoms with Gasteiger partial charge in [-0.1, -0.05) is 15.9 Å². The van der Waals surface area contributed by atoms with E-state index in [9.17, 15) is 8.78 Å². The Morgan fingerprint density at radius 2 is 1.91 bits per heavy atom. The van der Waals surface area contributed by atoms with Crippen molar-refractivity contribution >= 4 is 49.9 Å². The number of hydrogen-bond donors (Lipinski definition) is 0. The van der Waals surface area contributed by atoms with Crippen molar-refractivity contribution < 1.29 is 8.78 Å². The van der Waals surface area contributed by atoms with E-state index in [1.54, 1.807) is 13.1 Å². The Balaban J connectivity index is 2.24. The van der Waals surface area contributed by atoms with Gasteiger partial charge in [-0.2, -0.15) is 4.98 Å². The van der Waals surface area contributed by atoms with Gasteiger partial charge in [0.05, 0.1) is 23.3 Å². The first-order valence-corrected chi connectivity index (χ1v) is 7.29. The van der Waals surface area contributed by atoms with Gasteiger partial charge in [0.15, 0.2) is 5.82 Å². The summed E-state index contributed by atoms with van der Waals surface area (Å²) in [5.74, 6) is -0.776. The fraction of sp³-hybridized carbons (Fsp3) is 0.0714. The number of fused-ring (bicyclic) bond motifs is 1. The van der Waals surface area contributed by atoms with Crippen LogP contribution in [0.4, 0.5) is 20.3 Å². The van der Waals surface area contributed by atoms with Crippen LogP contribution in [-0.4, -0.2) is 22.0 Å². The lowest BCUT2D eigenvalue weighted by Crippen LogP contribution is -2.13. The van der Waals surface area contributed by atoms with Crippen molar-refractivity contribution in [1.82, 2.24) is 15.0 Å². The third-order valence-electron chi connectivity index (χ3n) is 3.07. The molecule has 0 aliphatic rings. The number of rotatable bonds is 2. The van der Waals surface area contributed by atoms with Gasteiger partial charge in [-0.25, -0.2) is 13.8 Å². The lowest BCUT2D eigenvalue weighted by Gasteiger charge is -2.20. The number of pyridine rings is 1. The van der Waals surface area contributed by atoms with Gasteiger partial charge in [0, 0.05) is 17.2 Å². The molecule has 3 aromatic rings. The van der Waals surface area contributed by atoms with Crippen molar-refractivity contribution in [2.45, 2.75) is 0 Å². The summed E-state index contributed by atoms with van der Waals surface area (Å²) >= 11 is 9.11. The Hall–Kier alpha value is -1.86. The molecule has 0 aliphatic carbocycles. The van der Waals surface area contributed by atoms with Gasteiger partial charge in [-0.15, -0.1) is 0 Å². The van der Waals surface area contributed by atoms with Gasteiger partial charge >= 0.3 is 0 Å². The van der Waals surface area contributed by atoms with Crippen molar-refractivity contribution in [3.8, 4) is 0 Å². The van der Waals surface area contributed by atoms with E-state index < -0.39 is 11.6 Å². The fourth-order valence-corrected chi connectivity index (χ4v) is 2.72. The van der Waals surface area contributed by atoms with Crippen LogP contribution in [0.2, 0.25) is 5.28 Å². The summed E-state index contributed by atoms with van der Waals surface area (Å²) in [6.45, 7) is 0. The highest BCUT2D eigenvalue weighted by atomic mass is 79.9. The van der Waals surface area contributed by atoms with Gasteiger partial charge in [-0.05, 0) is 29.8 Å². The fourth-order valence-electron chi connectivity index (χ4n) is 2.10. The van der Waals surface area contributed by atoms with Crippen molar-refractivity contribution in [3.63, 3.8) is 0 Å². The molecule has 0 saturated heterocycles. The molecule has 3 rings (SSSR count). The van der Waals surface area contributed by atoms with E-state index in [1.165, 1.54) is 23.2 Å². The van der Waals surface area contributed by atoms with Crippen LogP contribution in [0.15, 0.2) is 35.1 Å². The molecule has 22 heavy (non-hydrogen) atoms. The van der Waals surface area contributed by atoms with E-state index in [2.05, 4.69) is 30.9 Å². The highest BCUT2D eigenvalue weighted by Crippen LogP contribution is 2.32. The molecule has 0 atom stereocenters. The molecule has 2 heterocycles. The summed E-state index contributed by atoms with van der Waals surface area (Å²) in [6, 6.07) is 4.32. The van der Waals surface area contributed by atoms with Crippen LogP contribution in [0.5, 0.6) is 0 Å². The molecule has 112 valence electrons. The minimum atomic E-state index is -0.577. The zero-order chi connectivity index (χ0) is 15.9. The highest BCUT2D eigenvalue weighted by Gasteiger charge is 2.17. The summed E-state index contributed by atoms with van der Waals surface area (Å²) in [5, 5.41) is 0.125. The number of halogens is 4. The van der Waals surface area contributed by atoms with Gasteiger partial charge in [0.25, 0.3) is 0 Å². The van der Waals surface area contributed by atoms with Gasteiger partial charge in [0.2, 0.25) is 5.28 Å². The van der Waals surface area contributed by atoms with Crippen molar-refractivity contribution in [2.24, 2.45) is 0 Å². The molecule has 4 nitrogen and oxygen atoms in total. The zero-order valence-corrected chi connectivity index (χ0v) is 13.5. The van der Waals surface area contributed by atoms with Crippen LogP contribution in [0.1, 0.15) is 0 Å². The molecule has 0 unspecified atom stereocenters. The van der Waals surface area contributed by atoms with Crippen molar-refractivity contribution in [1.29, 1.82) is 0 Å². The summed E-state index contributed by atoms with van der Waals surface area (Å²) < 4.78 is 28.3. The van der Waals surface area contributed by atoms with Gasteiger partial charge < -0.3 is 4.90 Å². The number of aromatic nitrogens is 3. The minimum Gasteiger partial charge on any atom is -0.329 e. The third kappa shape index (κ3) is 2.74. The Kier molecular flexibility index (Phi) is 3.92. The molecule has 1 aromatic carbocycles. The molecule has 0 amide bonds. The van der Waals surface area contributed by atoms with Crippen LogP contribution in [0, 0.1) is 11.6 Å². The van der Waals surface area contributed by atoms with Crippen LogP contribution in [-0.2, 0) is 0 Å². The van der Waals surface area contributed by atoms with Crippen molar-refractivity contribution in [3.05, 3.63) is 52.0 Å². The molecule has 0 aliphatic heterocycles. The zero-order valence-electron chi connectivity index (χ0n) is 11.2. The number of hydrogen-bond acceptors (Lipinski definition) is 4. The van der Waals surface area contributed by atoms with E-state index in [1.807, 2.05) is 0 Å². The molecule has 0 fully saturated rings. The molecule has 0 radical (unpaired) electrons. The van der Waals surface area contributed by atoms with Crippen LogP contribution < -0.4 is 4.90 Å². The maximum absolute atomic E-state index is 14.1. The molecular weight excluding hydrogens is 378 g/mol. The number of anilines is 2. The molecule has 0 spiro atoms. The number of nitrogens with zero attached hydrogens (tertiary/aromatic N) is 4. The lowest BCUT2D eigenvalue weighted by molar-refractivity contribution is 0.627. The van der Waals surface area contributed by atoms with Crippen LogP contribution >= 0.6 is 27.5 Å². The topological polar surface area (TPSA) is 41.9 Å². The van der Waals surface area contributed by atoms with E-state index in [0.717, 1.165) is 6.20 Å². The highest BCUT2D eigenvalue weighted by molar-refractivity contribution is 9.10. The van der Waals surface area contributed by atoms with Crippen LogP contribution in [0.3, 0.4) is 0 Å². The number of benzene rings is 1. The summed E-state index contributed by atoms with van der Waals surface area (Å²) in [6.07, 6.45) is 2.46. The molecule has 0 bridgehead atoms. The van der Waals surface area contributed by atoms with Gasteiger partial charge in [-0.3, -0.25) is 4.98 Å². The first kappa shape index (κ1) is 15.1. The Labute approximate surface area is 137 Å². The van der Waals surface area contributed by atoms with Crippen LogP contribution in [0.25, 0.3) is 10.9 Å². The van der Waals surface area contributed by atoms with Crippen molar-refractivity contribution in [2.75, 3.05) is 11.9 Å². The maximum Gasteiger partial charge on any atom is 0.224 e. The molecule has 0 saturated carbocycles. The maximum atomic E-state index is 14.1. The standard InChI is InChI=1S/C14H8BrClF2N4/c1-22(9-3-7(15)2-8(17)4-9)13-12-10(18)5-19-6-11(12)20-14(16)21-13/h2-6H,1H3. The first-order chi connectivity index (χ1) is 10.5. The minimum absolute atomic E-state index is 0.0442. The Morgan fingerprint density at radius 1 is 1.14 bits per heavy atom. The molecule has 2 aromatic heterocycles. The summed E-state index contributed by atoms with van der Waals surface area (Å²) in [4.78, 5) is 13.3. The molecule has 0 N–H and O–H groups in total. The summed E-state index contributed by atoms with van der Waals surface area (Å²) in [5.41, 5.74) is 0.761. The predicted molar refractivity (Wildman–Crippen MR) is 84.5 cm³/mol. The smallest absolute Gasteiger partial charge is 0.224 e. The SMILES string of the molecule is CN(c1cc(F)cc(Br)c1)c1nc(Cl)nc2cncc(F)c12. The van der Waals surface area contributed by atoms with E-state index in [0.29, 0.717) is 10.2 Å². The van der Waals surface area contributed by atoms with E-state index in [-0.39, 0.29) is 22.0 Å². The largest absolute Gasteiger partial charge is 0.329 e. The average Bonchev–Trinajstić information content (AvgIpc) is 2.44. The summed E-state index contributed by atoms with van der Waals surface area (Å²) in [7, 11) is 1.64. The van der Waals surface area contributed by atoms with E-state index >= 15 is 0 Å². The third-order valence-corrected chi connectivity index (χ3v) is 3.69. The monoisotopic (exact) mass is 384 g/mol. The Morgan fingerprint density at radius 3 is 2.64 bits per heavy atom. The lowest BCUT2D eigenvalue weighted by atomic mass is 10.2. The quantitative estimate of drug-likeness (QED) is 0.610. The molecular formula is C14H8BrClF2N4. The Bertz CT molecular complexity index is 855. The first-order valence-electron chi connectivity index (χ1n) is 6.12. The average molecular weight is 386 g/mol. The van der Waals surface area contributed by atoms with E-state index in [4.69, 9.17) is 11.6 Å². The second kappa shape index (κ2) is 5.73. The molecule has 8 heteroatoms.